The fourth-order valence-electron chi connectivity index (χ4n) is 11.0. The van der Waals surface area contributed by atoms with Crippen LogP contribution in [-0.4, -0.2) is 112 Å². The van der Waals surface area contributed by atoms with E-state index in [1.165, 1.54) is 357 Å². The summed E-state index contributed by atoms with van der Waals surface area (Å²) < 4.78 is 2.63. The summed E-state index contributed by atoms with van der Waals surface area (Å²) in [5, 5.41) is 0. The summed E-state index contributed by atoms with van der Waals surface area (Å²) in [7, 11) is 10.1. The molecule has 0 N–H and O–H groups in total. The fourth-order valence-corrected chi connectivity index (χ4v) is 11.0. The van der Waals surface area contributed by atoms with Gasteiger partial charge < -0.3 is 18.8 Å². The van der Waals surface area contributed by atoms with Gasteiger partial charge in [-0.25, -0.2) is 0 Å². The van der Waals surface area contributed by atoms with Gasteiger partial charge in [-0.05, 0) is 65.7 Å². The molecule has 0 aromatic heterocycles. The van der Waals surface area contributed by atoms with Crippen LogP contribution in [0.3, 0.4) is 0 Å². The first-order valence-electron chi connectivity index (χ1n) is 31.3. The van der Waals surface area contributed by atoms with Crippen molar-refractivity contribution in [3.63, 3.8) is 0 Å². The maximum atomic E-state index is 2.67. The van der Waals surface area contributed by atoms with Crippen LogP contribution in [0.4, 0.5) is 0 Å². The van der Waals surface area contributed by atoms with Crippen molar-refractivity contribution in [2.45, 2.75) is 310 Å². The second-order valence-corrected chi connectivity index (χ2v) is 23.3. The van der Waals surface area contributed by atoms with Gasteiger partial charge in [-0.2, -0.15) is 0 Å². The van der Waals surface area contributed by atoms with Gasteiger partial charge in [-0.1, -0.05) is 246 Å². The molecule has 2 atom stereocenters. The SMILES string of the molecule is CCCCCCCCCCCCN(C)CCC[N+](C)(CCCCCCCCCCCC)CCCC[N+](C)(CCCCCCCCCCCC)CCCN(C)CCCCCCCCCCCC. The molecule has 0 saturated carbocycles. The van der Waals surface area contributed by atoms with E-state index in [-0.39, 0.29) is 0 Å². The van der Waals surface area contributed by atoms with Crippen molar-refractivity contribution in [2.75, 3.05) is 93.6 Å². The minimum Gasteiger partial charge on any atom is -0.326 e. The molecule has 0 fully saturated rings. The van der Waals surface area contributed by atoms with Crippen LogP contribution in [0.25, 0.3) is 0 Å². The molecule has 0 amide bonds. The molecule has 0 rings (SSSR count). The maximum Gasteiger partial charge on any atom is 0.0796 e. The van der Waals surface area contributed by atoms with Crippen molar-refractivity contribution >= 4 is 0 Å². The first kappa shape index (κ1) is 65.8. The van der Waals surface area contributed by atoms with Gasteiger partial charge in [0.1, 0.15) is 0 Å². The van der Waals surface area contributed by atoms with Crippen LogP contribution in [0.15, 0.2) is 0 Å². The lowest BCUT2D eigenvalue weighted by molar-refractivity contribution is -0.916. The van der Waals surface area contributed by atoms with Gasteiger partial charge in [-0.3, -0.25) is 0 Å². The lowest BCUT2D eigenvalue weighted by Gasteiger charge is -2.37. The third kappa shape index (κ3) is 47.5. The van der Waals surface area contributed by atoms with Crippen LogP contribution in [-0.2, 0) is 0 Å². The molecule has 4 heteroatoms. The summed E-state index contributed by atoms with van der Waals surface area (Å²) in [5.41, 5.74) is 0. The van der Waals surface area contributed by atoms with E-state index in [4.69, 9.17) is 0 Å². The zero-order valence-corrected chi connectivity index (χ0v) is 48.0. The van der Waals surface area contributed by atoms with Gasteiger partial charge >= 0.3 is 0 Å². The predicted molar refractivity (Wildman–Crippen MR) is 302 cm³/mol. The molecular weight excluding hydrogens is 801 g/mol. The number of nitrogens with zero attached hydrogens (tertiary/aromatic N) is 4. The molecule has 0 aliphatic heterocycles. The molecule has 0 radical (unpaired) electrons. The Labute approximate surface area is 420 Å². The van der Waals surface area contributed by atoms with Crippen LogP contribution < -0.4 is 0 Å². The van der Waals surface area contributed by atoms with Crippen molar-refractivity contribution in [1.82, 2.24) is 9.80 Å². The first-order chi connectivity index (χ1) is 32.2. The summed E-state index contributed by atoms with van der Waals surface area (Å²) in [4.78, 5) is 5.33. The van der Waals surface area contributed by atoms with Crippen molar-refractivity contribution in [2.24, 2.45) is 0 Å². The molecule has 398 valence electrons. The monoisotopic (exact) mass is 933 g/mol. The van der Waals surface area contributed by atoms with E-state index in [2.05, 4.69) is 65.7 Å². The fraction of sp³-hybridized carbons (Fsp3) is 1.00. The highest BCUT2D eigenvalue weighted by atomic mass is 15.3. The van der Waals surface area contributed by atoms with Crippen molar-refractivity contribution in [3.8, 4) is 0 Å². The van der Waals surface area contributed by atoms with E-state index in [0.717, 1.165) is 0 Å². The molecule has 0 aliphatic rings. The smallest absolute Gasteiger partial charge is 0.0796 e. The van der Waals surface area contributed by atoms with Crippen LogP contribution >= 0.6 is 0 Å². The average molecular weight is 934 g/mol. The van der Waals surface area contributed by atoms with Crippen LogP contribution in [0, 0.1) is 0 Å². The molecule has 0 heterocycles. The Morgan fingerprint density at radius 1 is 0.197 bits per heavy atom. The zero-order chi connectivity index (χ0) is 48.3. The first-order valence-corrected chi connectivity index (χ1v) is 31.3. The Hall–Kier alpha value is -0.160. The van der Waals surface area contributed by atoms with Gasteiger partial charge in [0.2, 0.25) is 0 Å². The Balaban J connectivity index is 5.05. The number of rotatable bonds is 57. The average Bonchev–Trinajstić information content (AvgIpc) is 3.30. The van der Waals surface area contributed by atoms with Crippen LogP contribution in [0.1, 0.15) is 310 Å². The predicted octanol–water partition coefficient (Wildman–Crippen LogP) is 19.0. The second-order valence-electron chi connectivity index (χ2n) is 23.3. The highest BCUT2D eigenvalue weighted by Crippen LogP contribution is 2.19. The summed E-state index contributed by atoms with van der Waals surface area (Å²) >= 11 is 0. The van der Waals surface area contributed by atoms with Gasteiger partial charge in [-0.15, -0.1) is 0 Å². The third-order valence-corrected chi connectivity index (χ3v) is 16.0. The molecule has 2 unspecified atom stereocenters. The van der Waals surface area contributed by atoms with Gasteiger partial charge in [0, 0.05) is 38.8 Å². The van der Waals surface area contributed by atoms with E-state index in [9.17, 15) is 0 Å². The third-order valence-electron chi connectivity index (χ3n) is 16.0. The number of hydrogen-bond donors (Lipinski definition) is 0. The molecule has 0 aromatic carbocycles. The molecule has 0 aromatic rings. The Kier molecular flexibility index (Phi) is 51.1. The molecule has 0 bridgehead atoms. The quantitative estimate of drug-likeness (QED) is 0.0443. The van der Waals surface area contributed by atoms with Crippen LogP contribution in [0.5, 0.6) is 0 Å². The minimum atomic E-state index is 1.28. The highest BCUT2D eigenvalue weighted by Gasteiger charge is 2.24. The Bertz CT molecular complexity index is 838. The van der Waals surface area contributed by atoms with Crippen LogP contribution in [0.2, 0.25) is 0 Å². The van der Waals surface area contributed by atoms with Gasteiger partial charge in [0.15, 0.2) is 0 Å². The molecule has 4 nitrogen and oxygen atoms in total. The van der Waals surface area contributed by atoms with Gasteiger partial charge in [0.05, 0.1) is 53.4 Å². The van der Waals surface area contributed by atoms with Crippen molar-refractivity contribution < 1.29 is 8.97 Å². The Morgan fingerprint density at radius 3 is 0.576 bits per heavy atom. The van der Waals surface area contributed by atoms with E-state index in [1.807, 2.05) is 0 Å². The zero-order valence-electron chi connectivity index (χ0n) is 48.0. The highest BCUT2D eigenvalue weighted by molar-refractivity contribution is 4.59. The van der Waals surface area contributed by atoms with Gasteiger partial charge in [0.25, 0.3) is 0 Å². The number of unbranched alkanes of at least 4 members (excludes halogenated alkanes) is 37. The van der Waals surface area contributed by atoms with E-state index in [1.54, 1.807) is 0 Å². The van der Waals surface area contributed by atoms with E-state index in [0.29, 0.717) is 0 Å². The number of quaternary nitrogens is 2. The second kappa shape index (κ2) is 51.2. The van der Waals surface area contributed by atoms with E-state index >= 15 is 0 Å². The topological polar surface area (TPSA) is 6.48 Å². The summed E-state index contributed by atoms with van der Waals surface area (Å²) in [6.07, 6.45) is 63.1. The maximum absolute atomic E-state index is 2.67. The largest absolute Gasteiger partial charge is 0.326 e. The normalized spacial score (nSPS) is 13.9. The summed E-state index contributed by atoms with van der Waals surface area (Å²) in [6, 6.07) is 0. The molecule has 0 saturated heterocycles. The number of hydrogen-bond acceptors (Lipinski definition) is 2. The molecule has 0 spiro atoms. The minimum absolute atomic E-state index is 1.28. The lowest BCUT2D eigenvalue weighted by atomic mass is 10.1. The molecular formula is C62H132N4+2. The molecule has 66 heavy (non-hydrogen) atoms. The van der Waals surface area contributed by atoms with E-state index < -0.39 is 0 Å². The Morgan fingerprint density at radius 2 is 0.348 bits per heavy atom. The standard InChI is InChI=1S/C62H132N4/c1-9-13-17-21-25-29-33-37-41-45-53-63(5)55-51-61-65(7,57-47-43-39-35-31-27-23-19-15-11-3)59-49-50-60-66(8,58-48-44-40-36-32-28-24-20-16-12-4)62-52-56-64(6)54-46-42-38-34-30-26-22-18-14-10-2/h9-62H2,1-8H3/q+2. The molecule has 0 aliphatic carbocycles. The summed E-state index contributed by atoms with van der Waals surface area (Å²) in [6.45, 7) is 22.8. The van der Waals surface area contributed by atoms with Crippen molar-refractivity contribution in [1.29, 1.82) is 0 Å². The van der Waals surface area contributed by atoms with Crippen molar-refractivity contribution in [3.05, 3.63) is 0 Å². The lowest BCUT2D eigenvalue weighted by Crippen LogP contribution is -2.49. The summed E-state index contributed by atoms with van der Waals surface area (Å²) in [5.74, 6) is 0.